The third-order valence-corrected chi connectivity index (χ3v) is 4.28. The maximum atomic E-state index is 6.04. The molecule has 0 aromatic carbocycles. The van der Waals surface area contributed by atoms with Crippen LogP contribution in [0.3, 0.4) is 0 Å². The molecule has 0 amide bonds. The highest BCUT2D eigenvalue weighted by atomic mass is 35.5. The number of anilines is 1. The van der Waals surface area contributed by atoms with Crippen LogP contribution in [0.4, 0.5) is 5.82 Å². The molecule has 0 aliphatic rings. The van der Waals surface area contributed by atoms with E-state index in [9.17, 15) is 0 Å². The van der Waals surface area contributed by atoms with E-state index in [1.165, 1.54) is 0 Å². The van der Waals surface area contributed by atoms with Gasteiger partial charge in [0.1, 0.15) is 17.2 Å². The van der Waals surface area contributed by atoms with E-state index in [4.69, 9.17) is 11.6 Å². The van der Waals surface area contributed by atoms with Crippen LogP contribution in [0.2, 0.25) is 5.02 Å². The van der Waals surface area contributed by atoms with Crippen LogP contribution >= 0.6 is 22.9 Å². The third-order valence-electron chi connectivity index (χ3n) is 3.10. The molecule has 3 heterocycles. The van der Waals surface area contributed by atoms with Crippen molar-refractivity contribution in [3.63, 3.8) is 0 Å². The number of thiophene rings is 1. The molecule has 1 N–H and O–H groups in total. The van der Waals surface area contributed by atoms with E-state index in [1.54, 1.807) is 22.2 Å². The lowest BCUT2D eigenvalue weighted by Crippen LogP contribution is -2.09. The molecule has 3 aromatic heterocycles. The van der Waals surface area contributed by atoms with Gasteiger partial charge in [-0.05, 0) is 24.8 Å². The minimum absolute atomic E-state index is 0.516. The van der Waals surface area contributed by atoms with Crippen molar-refractivity contribution in [1.29, 1.82) is 0 Å². The van der Waals surface area contributed by atoms with Crippen molar-refractivity contribution in [2.45, 2.75) is 26.8 Å². The summed E-state index contributed by atoms with van der Waals surface area (Å²) < 4.78 is 1.77. The maximum absolute atomic E-state index is 6.04. The number of hydrogen-bond acceptors (Lipinski definition) is 5. The molecule has 5 nitrogen and oxygen atoms in total. The molecular formula is C14H16ClN5S. The Kier molecular flexibility index (Phi) is 4.07. The Hall–Kier alpha value is -1.66. The minimum atomic E-state index is 0.516. The number of halogens is 1. The molecule has 0 saturated heterocycles. The molecule has 110 valence electrons. The molecule has 3 rings (SSSR count). The van der Waals surface area contributed by atoms with Gasteiger partial charge in [0.05, 0.1) is 16.1 Å². The molecule has 21 heavy (non-hydrogen) atoms. The van der Waals surface area contributed by atoms with E-state index in [1.807, 2.05) is 12.3 Å². The lowest BCUT2D eigenvalue weighted by molar-refractivity contribution is 0.652. The second-order valence-corrected chi connectivity index (χ2v) is 6.12. The molecule has 0 aliphatic heterocycles. The Morgan fingerprint density at radius 1 is 1.38 bits per heavy atom. The number of rotatable bonds is 5. The van der Waals surface area contributed by atoms with E-state index in [-0.39, 0.29) is 0 Å². The van der Waals surface area contributed by atoms with Crippen molar-refractivity contribution < 1.29 is 0 Å². The first-order valence-corrected chi connectivity index (χ1v) is 8.10. The highest BCUT2D eigenvalue weighted by molar-refractivity contribution is 7.16. The van der Waals surface area contributed by atoms with Gasteiger partial charge < -0.3 is 5.32 Å². The fourth-order valence-electron chi connectivity index (χ4n) is 2.07. The van der Waals surface area contributed by atoms with Crippen LogP contribution in [0.25, 0.3) is 10.2 Å². The van der Waals surface area contributed by atoms with Crippen molar-refractivity contribution >= 4 is 39.0 Å². The second kappa shape index (κ2) is 5.99. The first-order valence-electron chi connectivity index (χ1n) is 6.85. The number of aryl methyl sites for hydroxylation is 1. The zero-order valence-electron chi connectivity index (χ0n) is 11.9. The highest BCUT2D eigenvalue weighted by Crippen LogP contribution is 2.25. The van der Waals surface area contributed by atoms with Crippen LogP contribution < -0.4 is 5.32 Å². The highest BCUT2D eigenvalue weighted by Gasteiger charge is 2.10. The Morgan fingerprint density at radius 2 is 2.24 bits per heavy atom. The lowest BCUT2D eigenvalue weighted by atomic mass is 10.3. The molecule has 7 heteroatoms. The van der Waals surface area contributed by atoms with Gasteiger partial charge in [-0.3, -0.25) is 4.68 Å². The van der Waals surface area contributed by atoms with Crippen molar-refractivity contribution in [2.24, 2.45) is 0 Å². The molecule has 0 saturated carbocycles. The van der Waals surface area contributed by atoms with Crippen LogP contribution in [0.1, 0.15) is 24.9 Å². The summed E-state index contributed by atoms with van der Waals surface area (Å²) in [5.41, 5.74) is 0.818. The molecule has 0 radical (unpaired) electrons. The van der Waals surface area contributed by atoms with Gasteiger partial charge in [-0.15, -0.1) is 11.3 Å². The number of nitrogens with one attached hydrogen (secondary N) is 1. The fourth-order valence-corrected chi connectivity index (χ4v) is 3.00. The van der Waals surface area contributed by atoms with E-state index in [0.29, 0.717) is 11.6 Å². The number of hydrogen-bond donors (Lipinski definition) is 1. The zero-order chi connectivity index (χ0) is 14.8. The summed E-state index contributed by atoms with van der Waals surface area (Å²) in [4.78, 5) is 10.2. The summed E-state index contributed by atoms with van der Waals surface area (Å²) in [7, 11) is 0. The van der Waals surface area contributed by atoms with Crippen LogP contribution in [0.5, 0.6) is 0 Å². The summed E-state index contributed by atoms with van der Waals surface area (Å²) >= 11 is 7.66. The molecule has 0 atom stereocenters. The van der Waals surface area contributed by atoms with Gasteiger partial charge in [-0.25, -0.2) is 9.97 Å². The smallest absolute Gasteiger partial charge is 0.153 e. The summed E-state index contributed by atoms with van der Waals surface area (Å²) in [6.07, 6.45) is 2.86. The van der Waals surface area contributed by atoms with Crippen LogP contribution in [0, 0.1) is 6.92 Å². The van der Waals surface area contributed by atoms with Crippen LogP contribution in [-0.2, 0) is 6.54 Å². The van der Waals surface area contributed by atoms with Crippen LogP contribution in [-0.4, -0.2) is 26.3 Å². The fraction of sp³-hybridized carbons (Fsp3) is 0.357. The maximum Gasteiger partial charge on any atom is 0.153 e. The Labute approximate surface area is 132 Å². The zero-order valence-corrected chi connectivity index (χ0v) is 13.5. The second-order valence-electron chi connectivity index (χ2n) is 4.81. The van der Waals surface area contributed by atoms with Crippen molar-refractivity contribution in [1.82, 2.24) is 19.7 Å². The molecule has 0 fully saturated rings. The Balaban J connectivity index is 1.94. The summed E-state index contributed by atoms with van der Waals surface area (Å²) in [6.45, 7) is 5.43. The molecule has 0 aliphatic carbocycles. The van der Waals surface area contributed by atoms with E-state index >= 15 is 0 Å². The van der Waals surface area contributed by atoms with Gasteiger partial charge >= 0.3 is 0 Å². The monoisotopic (exact) mass is 321 g/mol. The van der Waals surface area contributed by atoms with E-state index in [2.05, 4.69) is 33.4 Å². The van der Waals surface area contributed by atoms with Crippen molar-refractivity contribution in [3.05, 3.63) is 34.2 Å². The largest absolute Gasteiger partial charge is 0.369 e. The average Bonchev–Trinajstić information content (AvgIpc) is 3.03. The first-order chi connectivity index (χ1) is 10.2. The van der Waals surface area contributed by atoms with Gasteiger partial charge in [0.25, 0.3) is 0 Å². The molecule has 3 aromatic rings. The van der Waals surface area contributed by atoms with Crippen molar-refractivity contribution in [2.75, 3.05) is 11.9 Å². The SMILES string of the molecule is CCCNc1nc(Cn2cc(Cl)c(C)n2)nc2sccc12. The predicted molar refractivity (Wildman–Crippen MR) is 87.3 cm³/mol. The minimum Gasteiger partial charge on any atom is -0.369 e. The Morgan fingerprint density at radius 3 is 2.95 bits per heavy atom. The standard InChI is InChI=1S/C14H16ClN5S/c1-3-5-16-13-10-4-6-21-14(10)18-12(17-13)8-20-7-11(15)9(2)19-20/h4,6-7H,3,5,8H2,1-2H3,(H,16,17,18). The summed E-state index contributed by atoms with van der Waals surface area (Å²) in [5, 5.41) is 11.5. The average molecular weight is 322 g/mol. The van der Waals surface area contributed by atoms with Crippen LogP contribution in [0.15, 0.2) is 17.6 Å². The van der Waals surface area contributed by atoms with Gasteiger partial charge in [-0.1, -0.05) is 18.5 Å². The lowest BCUT2D eigenvalue weighted by Gasteiger charge is -2.08. The van der Waals surface area contributed by atoms with Gasteiger partial charge in [0, 0.05) is 12.7 Å². The Bertz CT molecular complexity index is 744. The topological polar surface area (TPSA) is 55.6 Å². The summed E-state index contributed by atoms with van der Waals surface area (Å²) in [5.74, 6) is 1.63. The predicted octanol–water partition coefficient (Wildman–Crippen LogP) is 3.72. The van der Waals surface area contributed by atoms with Crippen molar-refractivity contribution in [3.8, 4) is 0 Å². The first kappa shape index (κ1) is 14.3. The quantitative estimate of drug-likeness (QED) is 0.778. The summed E-state index contributed by atoms with van der Waals surface area (Å²) in [6, 6.07) is 2.05. The molecule has 0 bridgehead atoms. The molecule has 0 spiro atoms. The van der Waals surface area contributed by atoms with E-state index < -0.39 is 0 Å². The molecular weight excluding hydrogens is 306 g/mol. The van der Waals surface area contributed by atoms with Gasteiger partial charge in [0.2, 0.25) is 0 Å². The molecule has 0 unspecified atom stereocenters. The van der Waals surface area contributed by atoms with Gasteiger partial charge in [-0.2, -0.15) is 5.10 Å². The third kappa shape index (κ3) is 3.01. The normalized spacial score (nSPS) is 11.2. The number of aromatic nitrogens is 4. The van der Waals surface area contributed by atoms with E-state index in [0.717, 1.165) is 40.5 Å². The van der Waals surface area contributed by atoms with Gasteiger partial charge in [0.15, 0.2) is 5.82 Å². The number of nitrogens with zero attached hydrogens (tertiary/aromatic N) is 4. The number of fused-ring (bicyclic) bond motifs is 1.